The van der Waals surface area contributed by atoms with Crippen LogP contribution in [0.5, 0.6) is 0 Å². The standard InChI is InChI=1S/C12H18N4O2.C2H4O2/c1-2-3-4-9-11(17)16-10(12(18)15-9)5-8-6-13-7-14-8;1-2(3)4/h6-7,9-10H,2-5H2,1H3,(H,13,14)(H,15,18)(H,16,17);1H3,(H,3,4)/t9-,10-;/m0./s1. The maximum atomic E-state index is 11.9. The van der Waals surface area contributed by atoms with Crippen LogP contribution in [0.4, 0.5) is 0 Å². The molecule has 0 spiro atoms. The highest BCUT2D eigenvalue weighted by Crippen LogP contribution is 2.08. The Hall–Kier alpha value is -2.38. The molecule has 0 bridgehead atoms. The minimum atomic E-state index is -0.833. The van der Waals surface area contributed by atoms with Crippen molar-refractivity contribution in [1.29, 1.82) is 0 Å². The van der Waals surface area contributed by atoms with E-state index >= 15 is 0 Å². The predicted octanol–water partition coefficient (Wildman–Crippen LogP) is 0.216. The maximum Gasteiger partial charge on any atom is 0.300 e. The van der Waals surface area contributed by atoms with Crippen LogP contribution in [0.15, 0.2) is 12.5 Å². The number of nitrogens with one attached hydrogen (secondary N) is 3. The van der Waals surface area contributed by atoms with Gasteiger partial charge < -0.3 is 20.7 Å². The number of rotatable bonds is 5. The van der Waals surface area contributed by atoms with Crippen LogP contribution in [-0.2, 0) is 20.8 Å². The van der Waals surface area contributed by atoms with Crippen molar-refractivity contribution in [3.63, 3.8) is 0 Å². The summed E-state index contributed by atoms with van der Waals surface area (Å²) in [7, 11) is 0. The molecule has 2 atom stereocenters. The molecular weight excluding hydrogens is 288 g/mol. The fraction of sp³-hybridized carbons (Fsp3) is 0.571. The Morgan fingerprint density at radius 1 is 1.27 bits per heavy atom. The average molecular weight is 310 g/mol. The minimum Gasteiger partial charge on any atom is -0.481 e. The summed E-state index contributed by atoms with van der Waals surface area (Å²) in [5.41, 5.74) is 0.836. The van der Waals surface area contributed by atoms with Crippen molar-refractivity contribution >= 4 is 17.8 Å². The van der Waals surface area contributed by atoms with E-state index in [1.807, 2.05) is 0 Å². The van der Waals surface area contributed by atoms with E-state index in [2.05, 4.69) is 27.5 Å². The molecule has 2 amide bonds. The first-order valence-electron chi connectivity index (χ1n) is 7.21. The van der Waals surface area contributed by atoms with Crippen molar-refractivity contribution in [3.05, 3.63) is 18.2 Å². The third-order valence-electron chi connectivity index (χ3n) is 3.09. The number of aromatic nitrogens is 2. The number of hydrogen-bond donors (Lipinski definition) is 4. The number of piperazine rings is 1. The molecule has 2 heterocycles. The van der Waals surface area contributed by atoms with Crippen LogP contribution >= 0.6 is 0 Å². The number of hydrogen-bond acceptors (Lipinski definition) is 4. The van der Waals surface area contributed by atoms with Crippen LogP contribution < -0.4 is 10.6 Å². The van der Waals surface area contributed by atoms with Gasteiger partial charge in [0.1, 0.15) is 12.1 Å². The number of carboxylic acid groups (broad SMARTS) is 1. The molecule has 1 fully saturated rings. The van der Waals surface area contributed by atoms with Gasteiger partial charge in [-0.2, -0.15) is 0 Å². The largest absolute Gasteiger partial charge is 0.481 e. The molecule has 8 heteroatoms. The van der Waals surface area contributed by atoms with Gasteiger partial charge in [0, 0.05) is 25.2 Å². The lowest BCUT2D eigenvalue weighted by molar-refractivity contribution is -0.136. The number of unbranched alkanes of at least 4 members (excludes halogenated alkanes) is 1. The normalized spacial score (nSPS) is 20.5. The summed E-state index contributed by atoms with van der Waals surface area (Å²) >= 11 is 0. The Morgan fingerprint density at radius 2 is 1.86 bits per heavy atom. The molecule has 1 aromatic rings. The van der Waals surface area contributed by atoms with Crippen LogP contribution in [-0.4, -0.2) is 44.9 Å². The van der Waals surface area contributed by atoms with Crippen molar-refractivity contribution in [3.8, 4) is 0 Å². The molecular formula is C14H22N4O4. The van der Waals surface area contributed by atoms with Crippen LogP contribution in [0.1, 0.15) is 38.8 Å². The molecule has 122 valence electrons. The van der Waals surface area contributed by atoms with Gasteiger partial charge in [0.05, 0.1) is 6.33 Å². The van der Waals surface area contributed by atoms with Crippen molar-refractivity contribution in [2.75, 3.05) is 0 Å². The number of aliphatic carboxylic acids is 1. The molecule has 1 aliphatic rings. The first-order chi connectivity index (χ1) is 10.4. The number of nitrogens with zero attached hydrogens (tertiary/aromatic N) is 1. The number of imidazole rings is 1. The SMILES string of the molecule is CC(=O)O.CCCC[C@@H]1NC(=O)[C@H](Cc2cnc[nH]2)NC1=O. The average Bonchev–Trinajstić information content (AvgIpc) is 2.93. The van der Waals surface area contributed by atoms with Crippen molar-refractivity contribution in [2.45, 2.75) is 51.6 Å². The topological polar surface area (TPSA) is 124 Å². The van der Waals surface area contributed by atoms with E-state index in [0.29, 0.717) is 12.8 Å². The van der Waals surface area contributed by atoms with E-state index in [1.54, 1.807) is 12.5 Å². The number of carbonyl (C=O) groups excluding carboxylic acids is 2. The van der Waals surface area contributed by atoms with Gasteiger partial charge in [-0.3, -0.25) is 14.4 Å². The number of carboxylic acids is 1. The van der Waals surface area contributed by atoms with E-state index in [4.69, 9.17) is 9.90 Å². The fourth-order valence-electron chi connectivity index (χ4n) is 2.05. The highest BCUT2D eigenvalue weighted by molar-refractivity contribution is 5.97. The molecule has 1 aromatic heterocycles. The molecule has 2 rings (SSSR count). The van der Waals surface area contributed by atoms with Crippen molar-refractivity contribution < 1.29 is 19.5 Å². The summed E-state index contributed by atoms with van der Waals surface area (Å²) < 4.78 is 0. The number of H-pyrrole nitrogens is 1. The van der Waals surface area contributed by atoms with E-state index in [1.165, 1.54) is 0 Å². The van der Waals surface area contributed by atoms with Gasteiger partial charge in [0.2, 0.25) is 11.8 Å². The summed E-state index contributed by atoms with van der Waals surface area (Å²) in [5.74, 6) is -1.04. The van der Waals surface area contributed by atoms with Gasteiger partial charge in [-0.15, -0.1) is 0 Å². The zero-order chi connectivity index (χ0) is 16.5. The molecule has 0 aliphatic carbocycles. The van der Waals surface area contributed by atoms with Crippen LogP contribution in [0.2, 0.25) is 0 Å². The van der Waals surface area contributed by atoms with Crippen molar-refractivity contribution in [2.24, 2.45) is 0 Å². The zero-order valence-corrected chi connectivity index (χ0v) is 12.8. The quantitative estimate of drug-likeness (QED) is 0.619. The Kier molecular flexibility index (Phi) is 7.07. The summed E-state index contributed by atoms with van der Waals surface area (Å²) in [5, 5.41) is 13.0. The van der Waals surface area contributed by atoms with E-state index in [-0.39, 0.29) is 17.9 Å². The third kappa shape index (κ3) is 5.94. The van der Waals surface area contributed by atoms with E-state index < -0.39 is 12.0 Å². The van der Waals surface area contributed by atoms with Crippen LogP contribution in [0.25, 0.3) is 0 Å². The molecule has 0 saturated carbocycles. The second-order valence-electron chi connectivity index (χ2n) is 5.06. The van der Waals surface area contributed by atoms with Crippen LogP contribution in [0.3, 0.4) is 0 Å². The molecule has 8 nitrogen and oxygen atoms in total. The first kappa shape index (κ1) is 17.7. The Bertz CT molecular complexity index is 497. The summed E-state index contributed by atoms with van der Waals surface area (Å²) in [6.45, 7) is 3.14. The Labute approximate surface area is 128 Å². The monoisotopic (exact) mass is 310 g/mol. The lowest BCUT2D eigenvalue weighted by Crippen LogP contribution is -2.62. The lowest BCUT2D eigenvalue weighted by atomic mass is 10.0. The lowest BCUT2D eigenvalue weighted by Gasteiger charge is -2.29. The fourth-order valence-corrected chi connectivity index (χ4v) is 2.05. The predicted molar refractivity (Wildman–Crippen MR) is 79.0 cm³/mol. The summed E-state index contributed by atoms with van der Waals surface area (Å²) in [6, 6.07) is -0.883. The summed E-state index contributed by atoms with van der Waals surface area (Å²) in [4.78, 5) is 39.5. The zero-order valence-electron chi connectivity index (χ0n) is 12.8. The molecule has 22 heavy (non-hydrogen) atoms. The van der Waals surface area contributed by atoms with Gasteiger partial charge in [0.25, 0.3) is 5.97 Å². The molecule has 0 unspecified atom stereocenters. The van der Waals surface area contributed by atoms with Crippen LogP contribution in [0, 0.1) is 0 Å². The van der Waals surface area contributed by atoms with Gasteiger partial charge in [-0.1, -0.05) is 19.8 Å². The highest BCUT2D eigenvalue weighted by atomic mass is 16.4. The molecule has 1 saturated heterocycles. The first-order valence-corrected chi connectivity index (χ1v) is 7.21. The van der Waals surface area contributed by atoms with Gasteiger partial charge in [-0.05, 0) is 6.42 Å². The minimum absolute atomic E-state index is 0.0902. The summed E-state index contributed by atoms with van der Waals surface area (Å²) in [6.07, 6.45) is 6.30. The van der Waals surface area contributed by atoms with Crippen molar-refractivity contribution in [1.82, 2.24) is 20.6 Å². The second kappa shape index (κ2) is 8.81. The van der Waals surface area contributed by atoms with E-state index in [9.17, 15) is 9.59 Å². The second-order valence-corrected chi connectivity index (χ2v) is 5.06. The maximum absolute atomic E-state index is 11.9. The number of amides is 2. The Balaban J connectivity index is 0.000000541. The highest BCUT2D eigenvalue weighted by Gasteiger charge is 2.33. The molecule has 0 aromatic carbocycles. The molecule has 4 N–H and O–H groups in total. The van der Waals surface area contributed by atoms with Gasteiger partial charge in [-0.25, -0.2) is 4.98 Å². The number of carbonyl (C=O) groups is 3. The molecule has 1 aliphatic heterocycles. The smallest absolute Gasteiger partial charge is 0.300 e. The van der Waals surface area contributed by atoms with Gasteiger partial charge >= 0.3 is 0 Å². The molecule has 0 radical (unpaired) electrons. The van der Waals surface area contributed by atoms with E-state index in [0.717, 1.165) is 25.5 Å². The third-order valence-corrected chi connectivity index (χ3v) is 3.09. The number of aromatic amines is 1. The van der Waals surface area contributed by atoms with Gasteiger partial charge in [0.15, 0.2) is 0 Å². The Morgan fingerprint density at radius 3 is 2.41 bits per heavy atom.